The lowest BCUT2D eigenvalue weighted by Gasteiger charge is -2.35. The molecule has 1 aromatic heterocycles. The number of benzene rings is 1. The molecule has 0 aliphatic carbocycles. The van der Waals surface area contributed by atoms with Gasteiger partial charge in [-0.2, -0.15) is 17.4 Å². The number of hydrogen-bond donors (Lipinski definition) is 2. The second-order valence-electron chi connectivity index (χ2n) is 9.43. The molecule has 34 heavy (non-hydrogen) atoms. The Morgan fingerprint density at radius 2 is 1.91 bits per heavy atom. The van der Waals surface area contributed by atoms with Crippen molar-refractivity contribution < 1.29 is 26.9 Å². The minimum Gasteiger partial charge on any atom is -0.399 e. The molecular formula is C21H26BClFN3O5S2. The average molecular weight is 530 g/mol. The lowest BCUT2D eigenvalue weighted by atomic mass is 9.81. The van der Waals surface area contributed by atoms with E-state index >= 15 is 0 Å². The molecule has 2 aliphatic heterocycles. The van der Waals surface area contributed by atoms with E-state index in [0.29, 0.717) is 0 Å². The maximum absolute atomic E-state index is 13.4. The van der Waals surface area contributed by atoms with Crippen molar-refractivity contribution in [2.45, 2.75) is 57.4 Å². The third-order valence-electron chi connectivity index (χ3n) is 6.57. The molecule has 2 aromatic rings. The highest BCUT2D eigenvalue weighted by atomic mass is 35.5. The molecule has 0 radical (unpaired) electrons. The highest BCUT2D eigenvalue weighted by Gasteiger charge is 2.52. The van der Waals surface area contributed by atoms with Crippen LogP contribution in [0, 0.1) is 5.82 Å². The smallest absolute Gasteiger partial charge is 0.399 e. The summed E-state index contributed by atoms with van der Waals surface area (Å²) in [5, 5.41) is 4.36. The molecule has 4 rings (SSSR count). The first-order valence-electron chi connectivity index (χ1n) is 10.7. The normalized spacial score (nSPS) is 25.9. The van der Waals surface area contributed by atoms with Gasteiger partial charge in [0.25, 0.3) is 10.2 Å². The van der Waals surface area contributed by atoms with Crippen LogP contribution in [0.2, 0.25) is 5.02 Å². The summed E-state index contributed by atoms with van der Waals surface area (Å²) in [6, 6.07) is 4.02. The number of halogens is 2. The topological polar surface area (TPSA) is 97.0 Å². The summed E-state index contributed by atoms with van der Waals surface area (Å²) in [6.07, 6.45) is 0.194. The van der Waals surface area contributed by atoms with Crippen molar-refractivity contribution >= 4 is 57.3 Å². The molecule has 0 saturated carbocycles. The summed E-state index contributed by atoms with van der Waals surface area (Å²) in [4.78, 5) is 13.7. The molecule has 3 heterocycles. The molecule has 1 amide bonds. The van der Waals surface area contributed by atoms with E-state index in [4.69, 9.17) is 20.9 Å². The summed E-state index contributed by atoms with van der Waals surface area (Å²) in [6.45, 7) is 7.84. The number of likely N-dealkylation sites (N-methyl/N-ethyl adjacent to an activating group) is 1. The van der Waals surface area contributed by atoms with Crippen LogP contribution in [0.3, 0.4) is 0 Å². The van der Waals surface area contributed by atoms with Gasteiger partial charge in [0.05, 0.1) is 22.3 Å². The molecular weight excluding hydrogens is 504 g/mol. The number of carbonyl (C=O) groups is 1. The van der Waals surface area contributed by atoms with Crippen molar-refractivity contribution in [1.82, 2.24) is 9.03 Å². The fourth-order valence-corrected chi connectivity index (χ4v) is 6.25. The number of anilines is 1. The van der Waals surface area contributed by atoms with Crippen LogP contribution in [-0.2, 0) is 24.3 Å². The Labute approximate surface area is 208 Å². The summed E-state index contributed by atoms with van der Waals surface area (Å²) in [7, 11) is -3.16. The molecule has 2 N–H and O–H groups in total. The van der Waals surface area contributed by atoms with E-state index in [2.05, 4.69) is 10.0 Å². The van der Waals surface area contributed by atoms with E-state index in [0.717, 1.165) is 20.7 Å². The molecule has 0 spiro atoms. The standard InChI is InChI=1S/C21H26BClFN3O5S2/c1-20(2)21(3,4)32-22(31-20)12-8-18(33-11-12)16-10-17(27(5)34(29,30)26-16)19(28)25-13-6-7-15(24)14(23)9-13/h6-9,11,16-17,26H,10H2,1-5H3,(H,25,28). The molecule has 2 saturated heterocycles. The molecule has 184 valence electrons. The van der Waals surface area contributed by atoms with Crippen molar-refractivity contribution in [3.63, 3.8) is 0 Å². The largest absolute Gasteiger partial charge is 0.495 e. The number of amides is 1. The zero-order valence-electron chi connectivity index (χ0n) is 19.4. The lowest BCUT2D eigenvalue weighted by molar-refractivity contribution is -0.120. The van der Waals surface area contributed by atoms with Gasteiger partial charge in [0.15, 0.2) is 0 Å². The predicted molar refractivity (Wildman–Crippen MR) is 131 cm³/mol. The molecule has 2 unspecified atom stereocenters. The molecule has 8 nitrogen and oxygen atoms in total. The Bertz CT molecular complexity index is 1210. The van der Waals surface area contributed by atoms with Crippen molar-refractivity contribution in [3.8, 4) is 0 Å². The molecule has 1 aromatic carbocycles. The number of carbonyl (C=O) groups excluding carboxylic acids is 1. The van der Waals surface area contributed by atoms with Gasteiger partial charge in [0.2, 0.25) is 5.91 Å². The van der Waals surface area contributed by atoms with Gasteiger partial charge in [0, 0.05) is 17.6 Å². The molecule has 13 heteroatoms. The monoisotopic (exact) mass is 529 g/mol. The van der Waals surface area contributed by atoms with Crippen LogP contribution in [0.25, 0.3) is 0 Å². The van der Waals surface area contributed by atoms with Gasteiger partial charge in [-0.1, -0.05) is 11.6 Å². The molecule has 2 aliphatic rings. The number of thiophene rings is 1. The maximum Gasteiger partial charge on any atom is 0.495 e. The van der Waals surface area contributed by atoms with Crippen LogP contribution in [-0.4, -0.2) is 50.0 Å². The fraction of sp³-hybridized carbons (Fsp3) is 0.476. The van der Waals surface area contributed by atoms with E-state index in [1.165, 1.54) is 30.5 Å². The Kier molecular flexibility index (Phi) is 6.65. The van der Waals surface area contributed by atoms with Gasteiger partial charge >= 0.3 is 7.12 Å². The number of hydrogen-bond acceptors (Lipinski definition) is 6. The first-order valence-corrected chi connectivity index (χ1v) is 13.3. The highest BCUT2D eigenvalue weighted by molar-refractivity contribution is 7.87. The van der Waals surface area contributed by atoms with Gasteiger partial charge in [-0.05, 0) is 69.2 Å². The minimum absolute atomic E-state index is 0.143. The Balaban J connectivity index is 1.54. The van der Waals surface area contributed by atoms with Crippen LogP contribution in [0.1, 0.15) is 45.0 Å². The number of nitrogens with zero attached hydrogens (tertiary/aromatic N) is 1. The van der Waals surface area contributed by atoms with Gasteiger partial charge in [-0.15, -0.1) is 11.3 Å². The molecule has 0 bridgehead atoms. The van der Waals surface area contributed by atoms with E-state index in [-0.39, 0.29) is 17.1 Å². The predicted octanol–water partition coefficient (Wildman–Crippen LogP) is 3.06. The molecule has 2 fully saturated rings. The Morgan fingerprint density at radius 3 is 2.53 bits per heavy atom. The molecule has 2 atom stereocenters. The SMILES string of the molecule is CN1C(C(=O)Nc2ccc(F)c(Cl)c2)CC(c2cc(B3OC(C)(C)C(C)(C)O3)cs2)NS1(=O)=O. The fourth-order valence-electron chi connectivity index (χ4n) is 3.75. The van der Waals surface area contributed by atoms with E-state index in [1.54, 1.807) is 0 Å². The summed E-state index contributed by atoms with van der Waals surface area (Å²) < 4.78 is 54.8. The quantitative estimate of drug-likeness (QED) is 0.594. The van der Waals surface area contributed by atoms with Crippen LogP contribution in [0.4, 0.5) is 10.1 Å². The van der Waals surface area contributed by atoms with Crippen molar-refractivity contribution in [2.24, 2.45) is 0 Å². The van der Waals surface area contributed by atoms with Crippen LogP contribution in [0.15, 0.2) is 29.6 Å². The van der Waals surface area contributed by atoms with Gasteiger partial charge in [0.1, 0.15) is 11.9 Å². The van der Waals surface area contributed by atoms with Gasteiger partial charge < -0.3 is 14.6 Å². The third kappa shape index (κ3) is 4.77. The van der Waals surface area contributed by atoms with E-state index in [9.17, 15) is 17.6 Å². The summed E-state index contributed by atoms with van der Waals surface area (Å²) in [5.41, 5.74) is 0.0676. The van der Waals surface area contributed by atoms with E-state index < -0.39 is 52.3 Å². The first-order chi connectivity index (χ1) is 15.7. The van der Waals surface area contributed by atoms with Crippen molar-refractivity contribution in [1.29, 1.82) is 0 Å². The summed E-state index contributed by atoms with van der Waals surface area (Å²) in [5.74, 6) is -1.15. The third-order valence-corrected chi connectivity index (χ3v) is 9.52. The zero-order valence-corrected chi connectivity index (χ0v) is 21.8. The first kappa shape index (κ1) is 25.6. The average Bonchev–Trinajstić information content (AvgIpc) is 3.29. The van der Waals surface area contributed by atoms with Gasteiger partial charge in [-0.25, -0.2) is 4.39 Å². The number of nitrogens with one attached hydrogen (secondary N) is 2. The Morgan fingerprint density at radius 1 is 1.26 bits per heavy atom. The summed E-state index contributed by atoms with van der Waals surface area (Å²) >= 11 is 7.16. The van der Waals surface area contributed by atoms with Crippen molar-refractivity contribution in [3.05, 3.63) is 45.4 Å². The van der Waals surface area contributed by atoms with Crippen LogP contribution in [0.5, 0.6) is 0 Å². The second kappa shape index (κ2) is 8.84. The minimum atomic E-state index is -3.93. The lowest BCUT2D eigenvalue weighted by Crippen LogP contribution is -2.55. The van der Waals surface area contributed by atoms with E-state index in [1.807, 2.05) is 39.1 Å². The second-order valence-corrected chi connectivity index (χ2v) is 12.5. The zero-order chi connectivity index (χ0) is 25.1. The van der Waals surface area contributed by atoms with Crippen LogP contribution < -0.4 is 15.5 Å². The maximum atomic E-state index is 13.4. The van der Waals surface area contributed by atoms with Gasteiger partial charge in [-0.3, -0.25) is 4.79 Å². The highest BCUT2D eigenvalue weighted by Crippen LogP contribution is 2.37. The number of rotatable bonds is 4. The van der Waals surface area contributed by atoms with Crippen molar-refractivity contribution in [2.75, 3.05) is 12.4 Å². The van der Waals surface area contributed by atoms with Crippen LogP contribution >= 0.6 is 22.9 Å². The Hall–Kier alpha value is -1.54.